The molecule has 1 rings (SSSR count). The lowest BCUT2D eigenvalue weighted by molar-refractivity contribution is -0.279. The number of esters is 1. The molecular formula is C5H2F6O3. The van der Waals surface area contributed by atoms with E-state index < -0.39 is 30.7 Å². The van der Waals surface area contributed by atoms with E-state index in [2.05, 4.69) is 9.47 Å². The topological polar surface area (TPSA) is 38.8 Å². The van der Waals surface area contributed by atoms with Crippen LogP contribution in [0, 0.1) is 0 Å². The molecule has 1 fully saturated rings. The molecule has 0 N–H and O–H groups in total. The summed E-state index contributed by atoms with van der Waals surface area (Å²) in [6.07, 6.45) is -10.6. The lowest BCUT2D eigenvalue weighted by atomic mass is 10.4. The lowest BCUT2D eigenvalue weighted by Gasteiger charge is -2.16. The predicted octanol–water partition coefficient (Wildman–Crippen LogP) is 1.38. The van der Waals surface area contributed by atoms with Crippen molar-refractivity contribution in [1.29, 1.82) is 0 Å². The molecule has 0 bridgehead atoms. The number of carbonyl (C=O) groups is 1. The fraction of sp³-hybridized carbons (Fsp3) is 0.800. The standard InChI is InChI=1S/C5H2F6O3/c6-4(7,8)2(12)14-3(1-13-3)5(9,10)11/h1H2. The van der Waals surface area contributed by atoms with Crippen LogP contribution in [0.4, 0.5) is 26.3 Å². The van der Waals surface area contributed by atoms with Crippen LogP contribution >= 0.6 is 0 Å². The average molecular weight is 224 g/mol. The van der Waals surface area contributed by atoms with Gasteiger partial charge >= 0.3 is 24.1 Å². The van der Waals surface area contributed by atoms with Crippen LogP contribution in [0.5, 0.6) is 0 Å². The zero-order valence-electron chi connectivity index (χ0n) is 6.20. The van der Waals surface area contributed by atoms with E-state index in [9.17, 15) is 31.1 Å². The molecule has 1 aliphatic heterocycles. The van der Waals surface area contributed by atoms with E-state index in [0.29, 0.717) is 0 Å². The molecule has 1 saturated heterocycles. The van der Waals surface area contributed by atoms with E-state index in [1.54, 1.807) is 0 Å². The van der Waals surface area contributed by atoms with Crippen LogP contribution in [0.25, 0.3) is 0 Å². The summed E-state index contributed by atoms with van der Waals surface area (Å²) in [5.74, 6) is -6.33. The molecule has 1 atom stereocenters. The third kappa shape index (κ3) is 1.91. The van der Waals surface area contributed by atoms with Crippen LogP contribution < -0.4 is 0 Å². The van der Waals surface area contributed by atoms with E-state index in [4.69, 9.17) is 0 Å². The molecule has 9 heteroatoms. The van der Waals surface area contributed by atoms with Crippen LogP contribution in [0.1, 0.15) is 0 Å². The Labute approximate surface area is 72.6 Å². The maximum Gasteiger partial charge on any atom is 0.491 e. The molecule has 0 amide bonds. The van der Waals surface area contributed by atoms with Crippen LogP contribution in [0.15, 0.2) is 0 Å². The number of ether oxygens (including phenoxy) is 2. The zero-order chi connectivity index (χ0) is 11.2. The number of epoxide rings is 1. The first-order chi connectivity index (χ1) is 6.08. The van der Waals surface area contributed by atoms with Gasteiger partial charge in [-0.15, -0.1) is 0 Å². The number of halogens is 6. The Morgan fingerprint density at radius 2 is 1.64 bits per heavy atom. The third-order valence-electron chi connectivity index (χ3n) is 1.33. The molecule has 1 unspecified atom stereocenters. The minimum Gasteiger partial charge on any atom is -0.414 e. The molecular weight excluding hydrogens is 222 g/mol. The Balaban J connectivity index is 2.67. The minimum atomic E-state index is -5.47. The quantitative estimate of drug-likeness (QED) is 0.383. The van der Waals surface area contributed by atoms with Gasteiger partial charge in [-0.25, -0.2) is 4.79 Å². The Bertz CT molecular complexity index is 249. The van der Waals surface area contributed by atoms with Crippen molar-refractivity contribution >= 4 is 5.97 Å². The van der Waals surface area contributed by atoms with Gasteiger partial charge in [0.2, 0.25) is 0 Å². The number of alkyl halides is 6. The maximum absolute atomic E-state index is 11.9. The normalized spacial score (nSPS) is 27.3. The predicted molar refractivity (Wildman–Crippen MR) is 26.9 cm³/mol. The molecule has 82 valence electrons. The molecule has 0 aromatic carbocycles. The highest BCUT2D eigenvalue weighted by Gasteiger charge is 2.71. The van der Waals surface area contributed by atoms with E-state index >= 15 is 0 Å². The van der Waals surface area contributed by atoms with Gasteiger partial charge in [-0.1, -0.05) is 0 Å². The third-order valence-corrected chi connectivity index (χ3v) is 1.33. The molecule has 3 nitrogen and oxygen atoms in total. The first kappa shape index (κ1) is 11.1. The summed E-state index contributed by atoms with van der Waals surface area (Å²) in [4.78, 5) is 10.0. The Kier molecular flexibility index (Phi) is 2.18. The van der Waals surface area contributed by atoms with Gasteiger partial charge in [-0.2, -0.15) is 26.3 Å². The lowest BCUT2D eigenvalue weighted by Crippen LogP contribution is -2.41. The van der Waals surface area contributed by atoms with E-state index in [0.717, 1.165) is 0 Å². The Morgan fingerprint density at radius 3 is 1.86 bits per heavy atom. The second kappa shape index (κ2) is 2.75. The highest BCUT2D eigenvalue weighted by molar-refractivity contribution is 5.76. The summed E-state index contributed by atoms with van der Waals surface area (Å²) >= 11 is 0. The van der Waals surface area contributed by atoms with Crippen molar-refractivity contribution in [2.75, 3.05) is 6.61 Å². The maximum atomic E-state index is 11.9. The summed E-state index contributed by atoms with van der Waals surface area (Å²) in [5, 5.41) is 0. The molecule has 0 radical (unpaired) electrons. The number of hydrogen-bond donors (Lipinski definition) is 0. The molecule has 1 aliphatic rings. The second-order valence-corrected chi connectivity index (χ2v) is 2.43. The molecule has 14 heavy (non-hydrogen) atoms. The summed E-state index contributed by atoms with van der Waals surface area (Å²) in [6.45, 7) is -1.11. The van der Waals surface area contributed by atoms with Crippen molar-refractivity contribution in [3.8, 4) is 0 Å². The largest absolute Gasteiger partial charge is 0.491 e. The van der Waals surface area contributed by atoms with Crippen molar-refractivity contribution in [2.45, 2.75) is 18.1 Å². The highest BCUT2D eigenvalue weighted by atomic mass is 19.4. The number of hydrogen-bond acceptors (Lipinski definition) is 3. The fourth-order valence-corrected chi connectivity index (χ4v) is 0.554. The number of rotatable bonds is 1. The summed E-state index contributed by atoms with van der Waals surface area (Å²) in [7, 11) is 0. The van der Waals surface area contributed by atoms with E-state index in [1.165, 1.54) is 0 Å². The molecule has 0 aromatic heterocycles. The van der Waals surface area contributed by atoms with E-state index in [-0.39, 0.29) is 0 Å². The van der Waals surface area contributed by atoms with E-state index in [1.807, 2.05) is 0 Å². The van der Waals surface area contributed by atoms with Crippen LogP contribution in [0.2, 0.25) is 0 Å². The highest BCUT2D eigenvalue weighted by Crippen LogP contribution is 2.45. The second-order valence-electron chi connectivity index (χ2n) is 2.43. The van der Waals surface area contributed by atoms with Gasteiger partial charge in [0.05, 0.1) is 0 Å². The molecule has 0 aromatic rings. The van der Waals surface area contributed by atoms with Gasteiger partial charge in [0.1, 0.15) is 6.61 Å². The van der Waals surface area contributed by atoms with Gasteiger partial charge in [0.15, 0.2) is 0 Å². The van der Waals surface area contributed by atoms with Crippen molar-refractivity contribution in [2.24, 2.45) is 0 Å². The number of carbonyl (C=O) groups excluding carboxylic acids is 1. The zero-order valence-corrected chi connectivity index (χ0v) is 6.20. The minimum absolute atomic E-state index is 1.11. The Hall–Kier alpha value is -0.990. The monoisotopic (exact) mass is 224 g/mol. The van der Waals surface area contributed by atoms with Crippen LogP contribution in [0.3, 0.4) is 0 Å². The first-order valence-electron chi connectivity index (χ1n) is 3.09. The fourth-order valence-electron chi connectivity index (χ4n) is 0.554. The molecule has 0 aliphatic carbocycles. The summed E-state index contributed by atoms with van der Waals surface area (Å²) in [5.41, 5.74) is 0. The van der Waals surface area contributed by atoms with Crippen molar-refractivity contribution in [3.05, 3.63) is 0 Å². The van der Waals surface area contributed by atoms with Crippen molar-refractivity contribution in [1.82, 2.24) is 0 Å². The smallest absolute Gasteiger partial charge is 0.414 e. The van der Waals surface area contributed by atoms with Gasteiger partial charge in [-0.3, -0.25) is 0 Å². The molecule has 1 heterocycles. The SMILES string of the molecule is O=C(OC1(C(F)(F)F)CO1)C(F)(F)F. The van der Waals surface area contributed by atoms with Crippen molar-refractivity contribution in [3.63, 3.8) is 0 Å². The van der Waals surface area contributed by atoms with Crippen molar-refractivity contribution < 1.29 is 40.6 Å². The van der Waals surface area contributed by atoms with Gasteiger partial charge in [0, 0.05) is 0 Å². The summed E-state index contributed by atoms with van der Waals surface area (Å²) in [6, 6.07) is 0. The molecule has 0 spiro atoms. The first-order valence-corrected chi connectivity index (χ1v) is 3.09. The van der Waals surface area contributed by atoms with Crippen LogP contribution in [-0.4, -0.2) is 30.7 Å². The summed E-state index contributed by atoms with van der Waals surface area (Å²) < 4.78 is 76.9. The average Bonchev–Trinajstić information content (AvgIpc) is 2.64. The molecule has 0 saturated carbocycles. The van der Waals surface area contributed by atoms with Gasteiger partial charge < -0.3 is 9.47 Å². The van der Waals surface area contributed by atoms with Crippen LogP contribution in [-0.2, 0) is 14.3 Å². The van der Waals surface area contributed by atoms with Gasteiger partial charge in [0.25, 0.3) is 0 Å². The van der Waals surface area contributed by atoms with Gasteiger partial charge in [-0.05, 0) is 0 Å². The Morgan fingerprint density at radius 1 is 1.21 bits per heavy atom.